The minimum absolute atomic E-state index is 0.109. The first-order valence-electron chi connectivity index (χ1n) is 6.75. The third-order valence-electron chi connectivity index (χ3n) is 2.55. The van der Waals surface area contributed by atoms with Crippen LogP contribution in [-0.2, 0) is 4.79 Å². The molecule has 0 aliphatic carbocycles. The van der Waals surface area contributed by atoms with Crippen molar-refractivity contribution in [3.05, 3.63) is 30.5 Å². The molecule has 0 saturated heterocycles. The first kappa shape index (κ1) is 14.7. The Morgan fingerprint density at radius 2 is 2.10 bits per heavy atom. The van der Waals surface area contributed by atoms with E-state index in [0.29, 0.717) is 11.8 Å². The number of anilines is 4. The fraction of sp³-hybridized carbons (Fsp3) is 0.286. The molecule has 1 aromatic heterocycles. The molecular formula is C14H18N6O. The number of benzene rings is 1. The Labute approximate surface area is 123 Å². The molecule has 3 N–H and O–H groups in total. The molecule has 1 aromatic carbocycles. The van der Waals surface area contributed by atoms with Crippen LogP contribution in [0.1, 0.15) is 20.3 Å². The van der Waals surface area contributed by atoms with Crippen LogP contribution in [0.5, 0.6) is 0 Å². The molecule has 0 unspecified atom stereocenters. The van der Waals surface area contributed by atoms with Gasteiger partial charge in [-0.05, 0) is 24.6 Å². The van der Waals surface area contributed by atoms with Gasteiger partial charge in [0.2, 0.25) is 11.9 Å². The van der Waals surface area contributed by atoms with Gasteiger partial charge in [0.15, 0.2) is 5.82 Å². The monoisotopic (exact) mass is 286 g/mol. The lowest BCUT2D eigenvalue weighted by molar-refractivity contribution is -0.114. The van der Waals surface area contributed by atoms with Gasteiger partial charge < -0.3 is 16.0 Å². The van der Waals surface area contributed by atoms with Gasteiger partial charge in [-0.15, -0.1) is 5.10 Å². The van der Waals surface area contributed by atoms with Crippen LogP contribution >= 0.6 is 0 Å². The molecule has 7 heteroatoms. The van der Waals surface area contributed by atoms with E-state index in [2.05, 4.69) is 38.1 Å². The number of nitrogens with zero attached hydrogens (tertiary/aromatic N) is 3. The summed E-state index contributed by atoms with van der Waals surface area (Å²) in [6.45, 7) is 4.33. The van der Waals surface area contributed by atoms with E-state index < -0.39 is 0 Å². The maximum atomic E-state index is 11.1. The minimum Gasteiger partial charge on any atom is -0.353 e. The molecule has 1 amide bonds. The van der Waals surface area contributed by atoms with Gasteiger partial charge in [-0.25, -0.2) is 0 Å². The third-order valence-corrected chi connectivity index (χ3v) is 2.55. The van der Waals surface area contributed by atoms with Crippen LogP contribution in [-0.4, -0.2) is 27.6 Å². The fourth-order valence-electron chi connectivity index (χ4n) is 1.70. The highest BCUT2D eigenvalue weighted by Crippen LogP contribution is 2.18. The molecule has 2 rings (SSSR count). The van der Waals surface area contributed by atoms with Crippen LogP contribution in [0.3, 0.4) is 0 Å². The summed E-state index contributed by atoms with van der Waals surface area (Å²) in [4.78, 5) is 15.4. The molecule has 0 atom stereocenters. The molecular weight excluding hydrogens is 268 g/mol. The number of carbonyl (C=O) groups is 1. The van der Waals surface area contributed by atoms with Gasteiger partial charge in [0.25, 0.3) is 0 Å². The molecule has 0 radical (unpaired) electrons. The van der Waals surface area contributed by atoms with E-state index in [1.165, 1.54) is 6.92 Å². The Balaban J connectivity index is 2.08. The standard InChI is InChI=1S/C14H18N6O/c1-3-7-15-14-19-13(9-16-20-14)18-12-6-4-5-11(8-12)17-10(2)21/h4-6,8-9H,3,7H2,1-2H3,(H,17,21)(H2,15,18,19,20). The molecule has 0 aliphatic heterocycles. The summed E-state index contributed by atoms with van der Waals surface area (Å²) in [6.07, 6.45) is 2.53. The van der Waals surface area contributed by atoms with Crippen LogP contribution in [0.15, 0.2) is 30.5 Å². The maximum absolute atomic E-state index is 11.1. The second kappa shape index (κ2) is 7.18. The van der Waals surface area contributed by atoms with E-state index >= 15 is 0 Å². The Morgan fingerprint density at radius 1 is 1.29 bits per heavy atom. The SMILES string of the molecule is CCCNc1nncc(Nc2cccc(NC(C)=O)c2)n1. The number of amides is 1. The van der Waals surface area contributed by atoms with Crippen molar-refractivity contribution in [2.45, 2.75) is 20.3 Å². The molecule has 0 fully saturated rings. The number of nitrogens with one attached hydrogen (secondary N) is 3. The molecule has 0 aliphatic rings. The Kier molecular flexibility index (Phi) is 5.03. The predicted octanol–water partition coefficient (Wildman–Crippen LogP) is 2.40. The summed E-state index contributed by atoms with van der Waals surface area (Å²) >= 11 is 0. The van der Waals surface area contributed by atoms with Crippen LogP contribution in [0, 0.1) is 0 Å². The molecule has 21 heavy (non-hydrogen) atoms. The van der Waals surface area contributed by atoms with Crippen LogP contribution in [0.25, 0.3) is 0 Å². The number of rotatable bonds is 6. The normalized spacial score (nSPS) is 10.0. The van der Waals surface area contributed by atoms with E-state index in [9.17, 15) is 4.79 Å². The highest BCUT2D eigenvalue weighted by Gasteiger charge is 2.02. The summed E-state index contributed by atoms with van der Waals surface area (Å²) in [5.41, 5.74) is 1.53. The van der Waals surface area contributed by atoms with Crippen molar-refractivity contribution in [1.29, 1.82) is 0 Å². The van der Waals surface area contributed by atoms with Crippen LogP contribution in [0.4, 0.5) is 23.1 Å². The van der Waals surface area contributed by atoms with Crippen molar-refractivity contribution in [3.8, 4) is 0 Å². The summed E-state index contributed by atoms with van der Waals surface area (Å²) in [6, 6.07) is 7.37. The quantitative estimate of drug-likeness (QED) is 0.755. The summed E-state index contributed by atoms with van der Waals surface area (Å²) < 4.78 is 0. The topological polar surface area (TPSA) is 91.8 Å². The minimum atomic E-state index is -0.109. The summed E-state index contributed by atoms with van der Waals surface area (Å²) in [7, 11) is 0. The van der Waals surface area contributed by atoms with Crippen molar-refractivity contribution in [3.63, 3.8) is 0 Å². The van der Waals surface area contributed by atoms with Crippen molar-refractivity contribution in [1.82, 2.24) is 15.2 Å². The van der Waals surface area contributed by atoms with Gasteiger partial charge in [0.1, 0.15) is 0 Å². The van der Waals surface area contributed by atoms with Gasteiger partial charge in [-0.2, -0.15) is 10.1 Å². The summed E-state index contributed by atoms with van der Waals surface area (Å²) in [5, 5.41) is 16.7. The molecule has 2 aromatic rings. The molecule has 0 spiro atoms. The second-order valence-corrected chi connectivity index (χ2v) is 4.48. The Hall–Kier alpha value is -2.70. The zero-order valence-electron chi connectivity index (χ0n) is 12.1. The van der Waals surface area contributed by atoms with Gasteiger partial charge in [0.05, 0.1) is 6.20 Å². The van der Waals surface area contributed by atoms with E-state index in [1.54, 1.807) is 6.20 Å². The first-order chi connectivity index (χ1) is 10.2. The fourth-order valence-corrected chi connectivity index (χ4v) is 1.70. The third kappa shape index (κ3) is 4.72. The zero-order valence-corrected chi connectivity index (χ0v) is 12.1. The number of hydrogen-bond donors (Lipinski definition) is 3. The largest absolute Gasteiger partial charge is 0.353 e. The zero-order chi connectivity index (χ0) is 15.1. The number of carbonyl (C=O) groups excluding carboxylic acids is 1. The van der Waals surface area contributed by atoms with E-state index in [4.69, 9.17) is 0 Å². The predicted molar refractivity (Wildman–Crippen MR) is 82.6 cm³/mol. The van der Waals surface area contributed by atoms with E-state index in [0.717, 1.165) is 24.3 Å². The Bertz CT molecular complexity index is 616. The van der Waals surface area contributed by atoms with E-state index in [1.807, 2.05) is 24.3 Å². The maximum Gasteiger partial charge on any atom is 0.244 e. The number of hydrogen-bond acceptors (Lipinski definition) is 6. The average Bonchev–Trinajstić information content (AvgIpc) is 2.45. The molecule has 1 heterocycles. The van der Waals surface area contributed by atoms with Crippen LogP contribution < -0.4 is 16.0 Å². The highest BCUT2D eigenvalue weighted by molar-refractivity contribution is 5.89. The van der Waals surface area contributed by atoms with Crippen molar-refractivity contribution in [2.24, 2.45) is 0 Å². The molecule has 110 valence electrons. The lowest BCUT2D eigenvalue weighted by Gasteiger charge is -2.09. The van der Waals surface area contributed by atoms with Crippen molar-refractivity contribution >= 4 is 29.0 Å². The van der Waals surface area contributed by atoms with Gasteiger partial charge in [-0.3, -0.25) is 4.79 Å². The molecule has 0 bridgehead atoms. The Morgan fingerprint density at radius 3 is 2.86 bits per heavy atom. The average molecular weight is 286 g/mol. The first-order valence-corrected chi connectivity index (χ1v) is 6.75. The lowest BCUT2D eigenvalue weighted by atomic mass is 10.2. The number of aromatic nitrogens is 3. The molecule has 7 nitrogen and oxygen atoms in total. The van der Waals surface area contributed by atoms with Gasteiger partial charge in [-0.1, -0.05) is 13.0 Å². The lowest BCUT2D eigenvalue weighted by Crippen LogP contribution is -2.07. The smallest absolute Gasteiger partial charge is 0.244 e. The van der Waals surface area contributed by atoms with E-state index in [-0.39, 0.29) is 5.91 Å². The van der Waals surface area contributed by atoms with Crippen LogP contribution in [0.2, 0.25) is 0 Å². The van der Waals surface area contributed by atoms with Crippen molar-refractivity contribution < 1.29 is 4.79 Å². The summed E-state index contributed by atoms with van der Waals surface area (Å²) in [5.74, 6) is 0.963. The second-order valence-electron chi connectivity index (χ2n) is 4.48. The molecule has 0 saturated carbocycles. The highest BCUT2D eigenvalue weighted by atomic mass is 16.1. The van der Waals surface area contributed by atoms with Gasteiger partial charge in [0, 0.05) is 24.8 Å². The van der Waals surface area contributed by atoms with Crippen molar-refractivity contribution in [2.75, 3.05) is 22.5 Å². The van der Waals surface area contributed by atoms with Gasteiger partial charge >= 0.3 is 0 Å².